The summed E-state index contributed by atoms with van der Waals surface area (Å²) in [5.41, 5.74) is 6.79. The van der Waals surface area contributed by atoms with Crippen molar-refractivity contribution in [2.75, 3.05) is 0 Å². The second-order valence-electron chi connectivity index (χ2n) is 2.75. The molecule has 0 saturated carbocycles. The fraction of sp³-hybridized carbons (Fsp3) is 0.111. The fourth-order valence-corrected chi connectivity index (χ4v) is 1.56. The number of benzene rings is 1. The van der Waals surface area contributed by atoms with Crippen molar-refractivity contribution in [3.05, 3.63) is 28.6 Å². The van der Waals surface area contributed by atoms with Crippen LogP contribution < -0.4 is 5.73 Å². The Hall–Kier alpha value is -1.38. The number of hydrogen-bond acceptors (Lipinski definition) is 4. The van der Waals surface area contributed by atoms with E-state index in [-0.39, 0.29) is 5.89 Å². The van der Waals surface area contributed by atoms with Gasteiger partial charge in [0, 0.05) is 0 Å². The van der Waals surface area contributed by atoms with Gasteiger partial charge in [-0.3, -0.25) is 0 Å². The predicted molar refractivity (Wildman–Crippen MR) is 54.3 cm³/mol. The summed E-state index contributed by atoms with van der Waals surface area (Å²) in [5, 5.41) is 8.60. The minimum atomic E-state index is -0.811. The zero-order chi connectivity index (χ0) is 10.1. The lowest BCUT2D eigenvalue weighted by atomic mass is 10.3. The first-order valence-electron chi connectivity index (χ1n) is 3.92. The lowest BCUT2D eigenvalue weighted by Crippen LogP contribution is -2.06. The molecule has 0 amide bonds. The Morgan fingerprint density at radius 2 is 2.36 bits per heavy atom. The number of rotatable bonds is 1. The molecule has 0 aliphatic carbocycles. The number of halogens is 1. The van der Waals surface area contributed by atoms with Gasteiger partial charge in [0.1, 0.15) is 5.52 Å². The lowest BCUT2D eigenvalue weighted by Gasteiger charge is -1.92. The molecule has 0 spiro atoms. The van der Waals surface area contributed by atoms with Gasteiger partial charge in [0.2, 0.25) is 5.89 Å². The normalized spacial score (nSPS) is 12.6. The zero-order valence-electron chi connectivity index (χ0n) is 7.07. The van der Waals surface area contributed by atoms with Gasteiger partial charge in [-0.25, -0.2) is 4.98 Å². The molecule has 2 rings (SSSR count). The van der Waals surface area contributed by atoms with Crippen molar-refractivity contribution in [3.8, 4) is 6.07 Å². The zero-order valence-corrected chi connectivity index (χ0v) is 8.65. The monoisotopic (exact) mass is 251 g/mol. The maximum Gasteiger partial charge on any atom is 0.227 e. The Labute approximate surface area is 88.5 Å². The Bertz CT molecular complexity index is 514. The standard InChI is InChI=1S/C9H6BrN3O/c10-5-2-1-3-7-8(5)14-9(13-7)6(12)4-11/h1-3,6H,12H2. The van der Waals surface area contributed by atoms with Gasteiger partial charge >= 0.3 is 0 Å². The van der Waals surface area contributed by atoms with E-state index >= 15 is 0 Å². The molecule has 2 N–H and O–H groups in total. The highest BCUT2D eigenvalue weighted by atomic mass is 79.9. The number of nitrogens with zero attached hydrogens (tertiary/aromatic N) is 2. The molecule has 5 heteroatoms. The molecule has 0 saturated heterocycles. The Morgan fingerprint density at radius 3 is 3.00 bits per heavy atom. The molecular weight excluding hydrogens is 246 g/mol. The van der Waals surface area contributed by atoms with E-state index in [0.29, 0.717) is 11.1 Å². The van der Waals surface area contributed by atoms with Gasteiger partial charge < -0.3 is 10.2 Å². The molecule has 0 radical (unpaired) electrons. The van der Waals surface area contributed by atoms with Crippen molar-refractivity contribution in [1.82, 2.24) is 4.98 Å². The van der Waals surface area contributed by atoms with E-state index in [1.54, 1.807) is 6.07 Å². The molecule has 14 heavy (non-hydrogen) atoms. The number of nitriles is 1. The fourth-order valence-electron chi connectivity index (χ4n) is 1.12. The lowest BCUT2D eigenvalue weighted by molar-refractivity contribution is 0.512. The van der Waals surface area contributed by atoms with Crippen LogP contribution in [0.1, 0.15) is 11.9 Å². The molecule has 1 atom stereocenters. The molecule has 4 nitrogen and oxygen atoms in total. The highest BCUT2D eigenvalue weighted by Crippen LogP contribution is 2.25. The number of fused-ring (bicyclic) bond motifs is 1. The van der Waals surface area contributed by atoms with E-state index in [1.165, 1.54) is 0 Å². The second kappa shape index (κ2) is 3.40. The topological polar surface area (TPSA) is 75.8 Å². The Morgan fingerprint density at radius 1 is 1.57 bits per heavy atom. The van der Waals surface area contributed by atoms with Crippen LogP contribution in [0.4, 0.5) is 0 Å². The average Bonchev–Trinajstić information content (AvgIpc) is 2.62. The van der Waals surface area contributed by atoms with Gasteiger partial charge in [0.15, 0.2) is 11.6 Å². The van der Waals surface area contributed by atoms with Gasteiger partial charge in [-0.15, -0.1) is 0 Å². The number of hydrogen-bond donors (Lipinski definition) is 1. The van der Waals surface area contributed by atoms with Gasteiger partial charge in [-0.1, -0.05) is 6.07 Å². The molecule has 0 aliphatic rings. The van der Waals surface area contributed by atoms with Crippen molar-refractivity contribution in [2.24, 2.45) is 5.73 Å². The van der Waals surface area contributed by atoms with Crippen LogP contribution in [0.25, 0.3) is 11.1 Å². The predicted octanol–water partition coefficient (Wildman–Crippen LogP) is 2.11. The van der Waals surface area contributed by atoms with Crippen molar-refractivity contribution >= 4 is 27.0 Å². The van der Waals surface area contributed by atoms with E-state index < -0.39 is 6.04 Å². The summed E-state index contributed by atoms with van der Waals surface area (Å²) in [7, 11) is 0. The summed E-state index contributed by atoms with van der Waals surface area (Å²) in [4.78, 5) is 4.10. The van der Waals surface area contributed by atoms with Gasteiger partial charge in [-0.05, 0) is 28.1 Å². The first kappa shape index (κ1) is 9.19. The van der Waals surface area contributed by atoms with Gasteiger partial charge in [0.25, 0.3) is 0 Å². The van der Waals surface area contributed by atoms with Crippen LogP contribution in [0.15, 0.2) is 27.1 Å². The summed E-state index contributed by atoms with van der Waals surface area (Å²) in [5.74, 6) is 0.245. The van der Waals surface area contributed by atoms with E-state index in [9.17, 15) is 0 Å². The van der Waals surface area contributed by atoms with Crippen molar-refractivity contribution < 1.29 is 4.42 Å². The van der Waals surface area contributed by atoms with Crippen molar-refractivity contribution in [2.45, 2.75) is 6.04 Å². The minimum Gasteiger partial charge on any atom is -0.437 e. The minimum absolute atomic E-state index is 0.245. The van der Waals surface area contributed by atoms with E-state index in [1.807, 2.05) is 18.2 Å². The molecule has 70 valence electrons. The van der Waals surface area contributed by atoms with Crippen LogP contribution in [0.2, 0.25) is 0 Å². The first-order chi connectivity index (χ1) is 6.72. The molecule has 0 aliphatic heterocycles. The second-order valence-corrected chi connectivity index (χ2v) is 3.60. The quantitative estimate of drug-likeness (QED) is 0.843. The van der Waals surface area contributed by atoms with Crippen LogP contribution in [-0.4, -0.2) is 4.98 Å². The van der Waals surface area contributed by atoms with E-state index in [4.69, 9.17) is 15.4 Å². The third-order valence-corrected chi connectivity index (χ3v) is 2.41. The van der Waals surface area contributed by atoms with Crippen molar-refractivity contribution in [1.29, 1.82) is 5.26 Å². The highest BCUT2D eigenvalue weighted by Gasteiger charge is 2.13. The van der Waals surface area contributed by atoms with Crippen LogP contribution in [0, 0.1) is 11.3 Å². The number of para-hydroxylation sites is 1. The summed E-state index contributed by atoms with van der Waals surface area (Å²) in [6.45, 7) is 0. The molecule has 0 fully saturated rings. The molecular formula is C9H6BrN3O. The molecule has 0 bridgehead atoms. The van der Waals surface area contributed by atoms with Gasteiger partial charge in [-0.2, -0.15) is 5.26 Å². The third kappa shape index (κ3) is 1.39. The molecule has 2 aromatic rings. The summed E-state index contributed by atoms with van der Waals surface area (Å²) < 4.78 is 6.15. The van der Waals surface area contributed by atoms with Crippen LogP contribution >= 0.6 is 15.9 Å². The van der Waals surface area contributed by atoms with Crippen LogP contribution in [0.5, 0.6) is 0 Å². The van der Waals surface area contributed by atoms with E-state index in [0.717, 1.165) is 4.47 Å². The first-order valence-corrected chi connectivity index (χ1v) is 4.72. The Kier molecular flexibility index (Phi) is 2.23. The van der Waals surface area contributed by atoms with E-state index in [2.05, 4.69) is 20.9 Å². The maximum absolute atomic E-state index is 8.60. The van der Waals surface area contributed by atoms with Gasteiger partial charge in [0.05, 0.1) is 10.5 Å². The number of nitrogens with two attached hydrogens (primary N) is 1. The molecule has 1 unspecified atom stereocenters. The molecule has 1 aromatic carbocycles. The summed E-state index contributed by atoms with van der Waals surface area (Å²) in [6.07, 6.45) is 0. The average molecular weight is 252 g/mol. The Balaban J connectivity index is 2.64. The summed E-state index contributed by atoms with van der Waals surface area (Å²) >= 11 is 3.32. The molecule has 1 heterocycles. The highest BCUT2D eigenvalue weighted by molar-refractivity contribution is 9.10. The smallest absolute Gasteiger partial charge is 0.227 e. The SMILES string of the molecule is N#CC(N)c1nc2cccc(Br)c2o1. The van der Waals surface area contributed by atoms with Crippen LogP contribution in [0.3, 0.4) is 0 Å². The maximum atomic E-state index is 8.60. The third-order valence-electron chi connectivity index (χ3n) is 1.79. The molecule has 1 aromatic heterocycles. The largest absolute Gasteiger partial charge is 0.437 e. The van der Waals surface area contributed by atoms with Crippen molar-refractivity contribution in [3.63, 3.8) is 0 Å². The number of oxazole rings is 1. The number of aromatic nitrogens is 1. The summed E-state index contributed by atoms with van der Waals surface area (Å²) in [6, 6.07) is 6.55. The van der Waals surface area contributed by atoms with Crippen LogP contribution in [-0.2, 0) is 0 Å².